The van der Waals surface area contributed by atoms with Crippen molar-refractivity contribution >= 4 is 11.6 Å². The SMILES string of the molecule is O=C(Cc1ccc(OCCN2CCCCC2)cc1)Nc1ccccc1O. The summed E-state index contributed by atoms with van der Waals surface area (Å²) >= 11 is 0. The number of carbonyl (C=O) groups is 1. The van der Waals surface area contributed by atoms with Crippen LogP contribution >= 0.6 is 0 Å². The van der Waals surface area contributed by atoms with Crippen LogP contribution in [0.25, 0.3) is 0 Å². The summed E-state index contributed by atoms with van der Waals surface area (Å²) in [4.78, 5) is 14.6. The van der Waals surface area contributed by atoms with Crippen LogP contribution in [0.3, 0.4) is 0 Å². The molecule has 0 unspecified atom stereocenters. The van der Waals surface area contributed by atoms with Crippen molar-refractivity contribution in [3.63, 3.8) is 0 Å². The zero-order valence-corrected chi connectivity index (χ0v) is 15.0. The molecular formula is C21H26N2O3. The third kappa shape index (κ3) is 5.49. The lowest BCUT2D eigenvalue weighted by Gasteiger charge is -2.26. The number of hydrogen-bond donors (Lipinski definition) is 2. The number of aromatic hydroxyl groups is 1. The van der Waals surface area contributed by atoms with Gasteiger partial charge in [0.15, 0.2) is 0 Å². The Morgan fingerprint density at radius 3 is 2.50 bits per heavy atom. The molecule has 26 heavy (non-hydrogen) atoms. The van der Waals surface area contributed by atoms with Gasteiger partial charge in [0.05, 0.1) is 12.1 Å². The molecule has 0 spiro atoms. The van der Waals surface area contributed by atoms with Crippen molar-refractivity contribution in [2.75, 3.05) is 31.6 Å². The lowest BCUT2D eigenvalue weighted by molar-refractivity contribution is -0.115. The number of benzene rings is 2. The summed E-state index contributed by atoms with van der Waals surface area (Å²) in [7, 11) is 0. The van der Waals surface area contributed by atoms with Gasteiger partial charge in [0.2, 0.25) is 5.91 Å². The van der Waals surface area contributed by atoms with Crippen molar-refractivity contribution in [1.29, 1.82) is 0 Å². The maximum absolute atomic E-state index is 12.1. The van der Waals surface area contributed by atoms with Crippen molar-refractivity contribution < 1.29 is 14.6 Å². The predicted octanol–water partition coefficient (Wildman–Crippen LogP) is 3.44. The number of rotatable bonds is 7. The molecule has 138 valence electrons. The first-order valence-corrected chi connectivity index (χ1v) is 9.23. The number of anilines is 1. The summed E-state index contributed by atoms with van der Waals surface area (Å²) in [6.45, 7) is 4.00. The molecule has 1 saturated heterocycles. The molecule has 0 atom stereocenters. The van der Waals surface area contributed by atoms with E-state index >= 15 is 0 Å². The Balaban J connectivity index is 1.43. The molecule has 1 heterocycles. The summed E-state index contributed by atoms with van der Waals surface area (Å²) in [5, 5.41) is 12.4. The third-order valence-corrected chi connectivity index (χ3v) is 4.59. The molecular weight excluding hydrogens is 328 g/mol. The lowest BCUT2D eigenvalue weighted by atomic mass is 10.1. The molecule has 0 saturated carbocycles. The second-order valence-electron chi connectivity index (χ2n) is 6.64. The Hall–Kier alpha value is -2.53. The molecule has 2 N–H and O–H groups in total. The minimum Gasteiger partial charge on any atom is -0.506 e. The molecule has 1 aliphatic heterocycles. The van der Waals surface area contributed by atoms with Crippen LogP contribution in [0.5, 0.6) is 11.5 Å². The molecule has 1 aliphatic rings. The number of phenolic OH excluding ortho intramolecular Hbond substituents is 1. The highest BCUT2D eigenvalue weighted by Crippen LogP contribution is 2.22. The van der Waals surface area contributed by atoms with E-state index in [1.165, 1.54) is 32.4 Å². The van der Waals surface area contributed by atoms with Gasteiger partial charge in [-0.3, -0.25) is 9.69 Å². The fourth-order valence-electron chi connectivity index (χ4n) is 3.14. The lowest BCUT2D eigenvalue weighted by Crippen LogP contribution is -2.33. The van der Waals surface area contributed by atoms with Gasteiger partial charge in [-0.2, -0.15) is 0 Å². The number of phenols is 1. The summed E-state index contributed by atoms with van der Waals surface area (Å²) in [5.74, 6) is 0.732. The molecule has 0 radical (unpaired) electrons. The second-order valence-corrected chi connectivity index (χ2v) is 6.64. The molecule has 5 nitrogen and oxygen atoms in total. The van der Waals surface area contributed by atoms with Crippen LogP contribution in [0.1, 0.15) is 24.8 Å². The largest absolute Gasteiger partial charge is 0.506 e. The number of nitrogens with zero attached hydrogens (tertiary/aromatic N) is 1. The van der Waals surface area contributed by atoms with Crippen LogP contribution in [0.4, 0.5) is 5.69 Å². The first kappa shape index (κ1) is 18.3. The first-order chi connectivity index (χ1) is 12.7. The van der Waals surface area contributed by atoms with E-state index < -0.39 is 0 Å². The highest BCUT2D eigenvalue weighted by atomic mass is 16.5. The van der Waals surface area contributed by atoms with E-state index in [0.717, 1.165) is 17.9 Å². The number of likely N-dealkylation sites (tertiary alicyclic amines) is 1. The van der Waals surface area contributed by atoms with Gasteiger partial charge in [-0.15, -0.1) is 0 Å². The quantitative estimate of drug-likeness (QED) is 0.748. The van der Waals surface area contributed by atoms with Crippen molar-refractivity contribution in [1.82, 2.24) is 4.90 Å². The fraction of sp³-hybridized carbons (Fsp3) is 0.381. The van der Waals surface area contributed by atoms with Crippen molar-refractivity contribution in [3.8, 4) is 11.5 Å². The Morgan fingerprint density at radius 2 is 1.77 bits per heavy atom. The Kier molecular flexibility index (Phi) is 6.50. The number of nitrogens with one attached hydrogen (secondary N) is 1. The highest BCUT2D eigenvalue weighted by Gasteiger charge is 2.10. The minimum absolute atomic E-state index is 0.0679. The number of piperidine rings is 1. The average molecular weight is 354 g/mol. The molecule has 2 aromatic carbocycles. The van der Waals surface area contributed by atoms with E-state index in [0.29, 0.717) is 12.3 Å². The van der Waals surface area contributed by atoms with Gasteiger partial charge in [-0.05, 0) is 55.8 Å². The second kappa shape index (κ2) is 9.25. The van der Waals surface area contributed by atoms with E-state index in [9.17, 15) is 9.90 Å². The van der Waals surface area contributed by atoms with Gasteiger partial charge >= 0.3 is 0 Å². The molecule has 2 aromatic rings. The molecule has 0 aromatic heterocycles. The van der Waals surface area contributed by atoms with Gasteiger partial charge in [-0.25, -0.2) is 0 Å². The zero-order chi connectivity index (χ0) is 18.2. The van der Waals surface area contributed by atoms with Gasteiger partial charge in [0, 0.05) is 6.54 Å². The smallest absolute Gasteiger partial charge is 0.228 e. The van der Waals surface area contributed by atoms with Gasteiger partial charge in [0.25, 0.3) is 0 Å². The maximum Gasteiger partial charge on any atom is 0.228 e. The monoisotopic (exact) mass is 354 g/mol. The standard InChI is InChI=1S/C21H26N2O3/c24-20-7-3-2-6-19(20)22-21(25)16-17-8-10-18(11-9-17)26-15-14-23-12-4-1-5-13-23/h2-3,6-11,24H,1,4-5,12-16H2,(H,22,25). The van der Waals surface area contributed by atoms with Crippen molar-refractivity contribution in [3.05, 3.63) is 54.1 Å². The normalized spacial score (nSPS) is 14.8. The topological polar surface area (TPSA) is 61.8 Å². The Labute approximate surface area is 154 Å². The van der Waals surface area contributed by atoms with Gasteiger partial charge in [0.1, 0.15) is 18.1 Å². The van der Waals surface area contributed by atoms with E-state index in [2.05, 4.69) is 10.2 Å². The van der Waals surface area contributed by atoms with E-state index in [1.54, 1.807) is 24.3 Å². The first-order valence-electron chi connectivity index (χ1n) is 9.23. The number of carbonyl (C=O) groups excluding carboxylic acids is 1. The Morgan fingerprint density at radius 1 is 1.04 bits per heavy atom. The van der Waals surface area contributed by atoms with Crippen molar-refractivity contribution in [2.45, 2.75) is 25.7 Å². The molecule has 3 rings (SSSR count). The summed E-state index contributed by atoms with van der Waals surface area (Å²) in [5.41, 5.74) is 1.33. The Bertz CT molecular complexity index is 709. The van der Waals surface area contributed by atoms with Gasteiger partial charge < -0.3 is 15.2 Å². The summed E-state index contributed by atoms with van der Waals surface area (Å²) in [6, 6.07) is 14.3. The van der Waals surface area contributed by atoms with E-state index in [-0.39, 0.29) is 18.1 Å². The third-order valence-electron chi connectivity index (χ3n) is 4.59. The molecule has 0 aliphatic carbocycles. The number of hydrogen-bond acceptors (Lipinski definition) is 4. The maximum atomic E-state index is 12.1. The van der Waals surface area contributed by atoms with Crippen LogP contribution in [0, 0.1) is 0 Å². The number of ether oxygens (including phenoxy) is 1. The summed E-state index contributed by atoms with van der Waals surface area (Å²) < 4.78 is 5.80. The van der Waals surface area contributed by atoms with Crippen LogP contribution in [0.2, 0.25) is 0 Å². The zero-order valence-electron chi connectivity index (χ0n) is 15.0. The van der Waals surface area contributed by atoms with E-state index in [4.69, 9.17) is 4.74 Å². The summed E-state index contributed by atoms with van der Waals surface area (Å²) in [6.07, 6.45) is 4.17. The van der Waals surface area contributed by atoms with Crippen molar-refractivity contribution in [2.24, 2.45) is 0 Å². The average Bonchev–Trinajstić information content (AvgIpc) is 2.66. The van der Waals surface area contributed by atoms with E-state index in [1.807, 2.05) is 24.3 Å². The number of amides is 1. The van der Waals surface area contributed by atoms with Crippen LogP contribution in [-0.4, -0.2) is 42.2 Å². The van der Waals surface area contributed by atoms with Crippen LogP contribution in [0.15, 0.2) is 48.5 Å². The minimum atomic E-state index is -0.162. The molecule has 1 fully saturated rings. The number of para-hydroxylation sites is 2. The van der Waals surface area contributed by atoms with Crippen LogP contribution < -0.4 is 10.1 Å². The van der Waals surface area contributed by atoms with Gasteiger partial charge in [-0.1, -0.05) is 30.7 Å². The molecule has 1 amide bonds. The highest BCUT2D eigenvalue weighted by molar-refractivity contribution is 5.93. The fourth-order valence-corrected chi connectivity index (χ4v) is 3.14. The van der Waals surface area contributed by atoms with Crippen LogP contribution in [-0.2, 0) is 11.2 Å². The molecule has 0 bridgehead atoms. The predicted molar refractivity (Wildman–Crippen MR) is 103 cm³/mol. The molecule has 5 heteroatoms.